The number of rotatable bonds is 1. The molecule has 0 aliphatic carbocycles. The van der Waals surface area contributed by atoms with E-state index in [0.717, 1.165) is 11.8 Å². The molecule has 21 heavy (non-hydrogen) atoms. The number of aliphatic carboxylic acids is 1. The Labute approximate surface area is 119 Å². The van der Waals surface area contributed by atoms with Crippen molar-refractivity contribution in [2.75, 3.05) is 31.1 Å². The third-order valence-electron chi connectivity index (χ3n) is 3.66. The largest absolute Gasteiger partial charge is 0.490 e. The van der Waals surface area contributed by atoms with Crippen molar-refractivity contribution in [2.45, 2.75) is 6.18 Å². The molecule has 5 nitrogen and oxygen atoms in total. The van der Waals surface area contributed by atoms with Gasteiger partial charge in [0.1, 0.15) is 0 Å². The number of halogens is 3. The van der Waals surface area contributed by atoms with Crippen molar-refractivity contribution in [2.24, 2.45) is 11.8 Å². The van der Waals surface area contributed by atoms with Crippen LogP contribution in [0.5, 0.6) is 0 Å². The first-order valence-corrected chi connectivity index (χ1v) is 6.53. The van der Waals surface area contributed by atoms with Gasteiger partial charge in [-0.1, -0.05) is 0 Å². The second-order valence-corrected chi connectivity index (χ2v) is 5.09. The molecular formula is C13H16F3N3O2. The zero-order valence-electron chi connectivity index (χ0n) is 11.2. The van der Waals surface area contributed by atoms with E-state index in [1.165, 1.54) is 31.9 Å². The van der Waals surface area contributed by atoms with Crippen LogP contribution in [0, 0.1) is 11.8 Å². The highest BCUT2D eigenvalue weighted by molar-refractivity contribution is 5.73. The van der Waals surface area contributed by atoms with E-state index < -0.39 is 12.1 Å². The van der Waals surface area contributed by atoms with Crippen molar-refractivity contribution in [3.05, 3.63) is 24.5 Å². The maximum Gasteiger partial charge on any atom is 0.490 e. The number of pyridine rings is 1. The summed E-state index contributed by atoms with van der Waals surface area (Å²) in [6.45, 7) is 4.82. The van der Waals surface area contributed by atoms with Crippen molar-refractivity contribution in [3.63, 3.8) is 0 Å². The quantitative estimate of drug-likeness (QED) is 0.820. The molecular weight excluding hydrogens is 287 g/mol. The zero-order chi connectivity index (χ0) is 15.5. The SMILES string of the molecule is O=C(O)C(F)(F)F.c1cc(N2C[C@H]3CNC[C@H]3C2)ccn1. The first kappa shape index (κ1) is 15.6. The van der Waals surface area contributed by atoms with E-state index in [0.29, 0.717) is 0 Å². The molecule has 1 aromatic heterocycles. The third-order valence-corrected chi connectivity index (χ3v) is 3.66. The predicted molar refractivity (Wildman–Crippen MR) is 70.0 cm³/mol. The summed E-state index contributed by atoms with van der Waals surface area (Å²) in [6.07, 6.45) is -1.33. The number of hydrogen-bond donors (Lipinski definition) is 2. The number of carboxylic acids is 1. The Balaban J connectivity index is 0.000000199. The van der Waals surface area contributed by atoms with Crippen LogP contribution in [-0.2, 0) is 4.79 Å². The first-order valence-electron chi connectivity index (χ1n) is 6.53. The lowest BCUT2D eigenvalue weighted by Gasteiger charge is -2.19. The minimum absolute atomic E-state index is 0.864. The lowest BCUT2D eigenvalue weighted by molar-refractivity contribution is -0.192. The molecule has 8 heteroatoms. The van der Waals surface area contributed by atoms with E-state index in [2.05, 4.69) is 27.3 Å². The van der Waals surface area contributed by atoms with E-state index >= 15 is 0 Å². The van der Waals surface area contributed by atoms with Gasteiger partial charge in [-0.25, -0.2) is 4.79 Å². The lowest BCUT2D eigenvalue weighted by Crippen LogP contribution is -2.25. The molecule has 2 atom stereocenters. The van der Waals surface area contributed by atoms with Crippen LogP contribution in [0.3, 0.4) is 0 Å². The average molecular weight is 303 g/mol. The molecule has 0 amide bonds. The second kappa shape index (κ2) is 6.30. The van der Waals surface area contributed by atoms with Gasteiger partial charge in [0.2, 0.25) is 0 Å². The fraction of sp³-hybridized carbons (Fsp3) is 0.538. The Hall–Kier alpha value is -1.83. The minimum Gasteiger partial charge on any atom is -0.475 e. The molecule has 0 saturated carbocycles. The van der Waals surface area contributed by atoms with E-state index in [-0.39, 0.29) is 0 Å². The monoisotopic (exact) mass is 303 g/mol. The van der Waals surface area contributed by atoms with E-state index in [4.69, 9.17) is 9.90 Å². The van der Waals surface area contributed by atoms with Gasteiger partial charge in [-0.2, -0.15) is 13.2 Å². The molecule has 3 heterocycles. The summed E-state index contributed by atoms with van der Waals surface area (Å²) >= 11 is 0. The maximum atomic E-state index is 10.6. The minimum atomic E-state index is -5.08. The van der Waals surface area contributed by atoms with Gasteiger partial charge in [0.25, 0.3) is 0 Å². The Morgan fingerprint density at radius 1 is 1.24 bits per heavy atom. The molecule has 2 aliphatic rings. The molecule has 2 N–H and O–H groups in total. The van der Waals surface area contributed by atoms with Crippen molar-refractivity contribution in [1.29, 1.82) is 0 Å². The molecule has 2 saturated heterocycles. The van der Waals surface area contributed by atoms with Gasteiger partial charge in [0, 0.05) is 44.3 Å². The van der Waals surface area contributed by atoms with Crippen LogP contribution in [0.25, 0.3) is 0 Å². The molecule has 0 aromatic carbocycles. The van der Waals surface area contributed by atoms with Crippen LogP contribution in [0.4, 0.5) is 18.9 Å². The summed E-state index contributed by atoms with van der Waals surface area (Å²) in [5.74, 6) is -1.03. The van der Waals surface area contributed by atoms with Crippen LogP contribution in [0.1, 0.15) is 0 Å². The van der Waals surface area contributed by atoms with Gasteiger partial charge >= 0.3 is 12.1 Å². The molecule has 0 radical (unpaired) electrons. The number of aromatic nitrogens is 1. The summed E-state index contributed by atoms with van der Waals surface area (Å²) in [7, 11) is 0. The fourth-order valence-corrected chi connectivity index (χ4v) is 2.62. The third kappa shape index (κ3) is 4.07. The second-order valence-electron chi connectivity index (χ2n) is 5.09. The summed E-state index contributed by atoms with van der Waals surface area (Å²) in [4.78, 5) is 15.4. The predicted octanol–water partition coefficient (Wildman–Crippen LogP) is 1.37. The zero-order valence-corrected chi connectivity index (χ0v) is 11.2. The number of anilines is 1. The van der Waals surface area contributed by atoms with Crippen molar-refractivity contribution >= 4 is 11.7 Å². The number of alkyl halides is 3. The Kier molecular flexibility index (Phi) is 4.66. The number of nitrogens with one attached hydrogen (secondary N) is 1. The highest BCUT2D eigenvalue weighted by Crippen LogP contribution is 2.29. The highest BCUT2D eigenvalue weighted by Gasteiger charge is 2.38. The molecule has 0 bridgehead atoms. The van der Waals surface area contributed by atoms with Gasteiger partial charge in [0.15, 0.2) is 0 Å². The van der Waals surface area contributed by atoms with Gasteiger partial charge < -0.3 is 15.3 Å². The van der Waals surface area contributed by atoms with E-state index in [1.54, 1.807) is 0 Å². The van der Waals surface area contributed by atoms with Gasteiger partial charge in [-0.05, 0) is 24.0 Å². The van der Waals surface area contributed by atoms with E-state index in [1.807, 2.05) is 12.4 Å². The molecule has 2 fully saturated rings. The smallest absolute Gasteiger partial charge is 0.475 e. The van der Waals surface area contributed by atoms with Crippen molar-refractivity contribution in [3.8, 4) is 0 Å². The molecule has 3 rings (SSSR count). The van der Waals surface area contributed by atoms with E-state index in [9.17, 15) is 13.2 Å². The van der Waals surface area contributed by atoms with Crippen molar-refractivity contribution < 1.29 is 23.1 Å². The van der Waals surface area contributed by atoms with Gasteiger partial charge in [-0.3, -0.25) is 4.98 Å². The maximum absolute atomic E-state index is 10.6. The van der Waals surface area contributed by atoms with Crippen LogP contribution in [0.15, 0.2) is 24.5 Å². The number of fused-ring (bicyclic) bond motifs is 1. The lowest BCUT2D eigenvalue weighted by atomic mass is 10.0. The van der Waals surface area contributed by atoms with Gasteiger partial charge in [0.05, 0.1) is 0 Å². The van der Waals surface area contributed by atoms with Crippen LogP contribution in [-0.4, -0.2) is 48.4 Å². The molecule has 2 aliphatic heterocycles. The molecule has 0 spiro atoms. The Morgan fingerprint density at radius 2 is 1.71 bits per heavy atom. The number of hydrogen-bond acceptors (Lipinski definition) is 4. The number of carbonyl (C=O) groups is 1. The van der Waals surface area contributed by atoms with Crippen LogP contribution in [0.2, 0.25) is 0 Å². The Morgan fingerprint density at radius 3 is 2.14 bits per heavy atom. The van der Waals surface area contributed by atoms with Crippen LogP contribution >= 0.6 is 0 Å². The molecule has 1 aromatic rings. The topological polar surface area (TPSA) is 65.5 Å². The fourth-order valence-electron chi connectivity index (χ4n) is 2.62. The molecule has 116 valence electrons. The summed E-state index contributed by atoms with van der Waals surface area (Å²) in [5.41, 5.74) is 1.33. The van der Waals surface area contributed by atoms with Crippen LogP contribution < -0.4 is 10.2 Å². The highest BCUT2D eigenvalue weighted by atomic mass is 19.4. The standard InChI is InChI=1S/C11H15N3.C2HF3O2/c1-3-12-4-2-11(1)14-7-9-5-13-6-10(9)8-14;3-2(4,5)1(6)7/h1-4,9-10,13H,5-8H2;(H,6,7)/t9-,10+;. The Bertz CT molecular complexity index is 469. The average Bonchev–Trinajstić information content (AvgIpc) is 3.00. The normalized spacial score (nSPS) is 24.2. The van der Waals surface area contributed by atoms with Gasteiger partial charge in [-0.15, -0.1) is 0 Å². The summed E-state index contributed by atoms with van der Waals surface area (Å²) in [6, 6.07) is 4.21. The number of nitrogens with zero attached hydrogens (tertiary/aromatic N) is 2. The summed E-state index contributed by atoms with van der Waals surface area (Å²) in [5, 5.41) is 10.6. The molecule has 0 unspecified atom stereocenters. The van der Waals surface area contributed by atoms with Crippen molar-refractivity contribution in [1.82, 2.24) is 10.3 Å². The number of carboxylic acid groups (broad SMARTS) is 1. The first-order chi connectivity index (χ1) is 9.88. The summed E-state index contributed by atoms with van der Waals surface area (Å²) < 4.78 is 31.7.